The normalized spacial score (nSPS) is 10.8. The topological polar surface area (TPSA) is 70.6 Å². The minimum Gasteiger partial charge on any atom is -0.322 e. The van der Waals surface area contributed by atoms with Gasteiger partial charge in [0, 0.05) is 22.4 Å². The van der Waals surface area contributed by atoms with Gasteiger partial charge < -0.3 is 5.32 Å². The molecule has 0 bridgehead atoms. The molecule has 0 saturated heterocycles. The van der Waals surface area contributed by atoms with Gasteiger partial charge in [-0.05, 0) is 75.2 Å². The molecule has 0 aromatic heterocycles. The lowest BCUT2D eigenvalue weighted by molar-refractivity contribution is 0.0954. The minimum atomic E-state index is -0.315. The van der Waals surface area contributed by atoms with E-state index in [0.29, 0.717) is 16.8 Å². The van der Waals surface area contributed by atoms with Gasteiger partial charge in [0.05, 0.1) is 6.21 Å². The molecule has 0 atom stereocenters. The number of amides is 2. The zero-order valence-corrected chi connectivity index (χ0v) is 17.6. The molecule has 0 aliphatic carbocycles. The molecule has 0 aliphatic heterocycles. The summed E-state index contributed by atoms with van der Waals surface area (Å²) in [7, 11) is 0. The molecule has 0 aliphatic rings. The predicted molar refractivity (Wildman–Crippen MR) is 121 cm³/mol. The van der Waals surface area contributed by atoms with Gasteiger partial charge in [0.2, 0.25) is 0 Å². The zero-order valence-electron chi connectivity index (χ0n) is 17.6. The first-order chi connectivity index (χ1) is 14.3. The Balaban J connectivity index is 1.62. The first kappa shape index (κ1) is 21.0. The van der Waals surface area contributed by atoms with E-state index in [1.165, 1.54) is 5.56 Å². The van der Waals surface area contributed by atoms with Crippen LogP contribution in [0.1, 0.15) is 48.5 Å². The molecule has 0 unspecified atom stereocenters. The van der Waals surface area contributed by atoms with Crippen molar-refractivity contribution in [3.8, 4) is 0 Å². The van der Waals surface area contributed by atoms with E-state index in [1.807, 2.05) is 39.0 Å². The summed E-state index contributed by atoms with van der Waals surface area (Å²) in [4.78, 5) is 24.7. The van der Waals surface area contributed by atoms with Crippen molar-refractivity contribution >= 4 is 23.7 Å². The van der Waals surface area contributed by atoms with Crippen LogP contribution in [-0.2, 0) is 0 Å². The van der Waals surface area contributed by atoms with Gasteiger partial charge in [0.15, 0.2) is 0 Å². The molecule has 2 amide bonds. The van der Waals surface area contributed by atoms with E-state index in [1.54, 1.807) is 36.5 Å². The van der Waals surface area contributed by atoms with E-state index >= 15 is 0 Å². The standard InChI is InChI=1S/C25H25N3O2/c1-16-6-5-7-21(14-16)24(29)27-22-10-8-20(9-11-22)25(30)28-26-15-23-18(3)12-17(2)13-19(23)4/h5-15H,1-4H3,(H,27,29)(H,28,30)/b26-15-. The SMILES string of the molecule is Cc1cccc(C(=O)Nc2ccc(C(=O)N/N=C\c3c(C)cc(C)cc3C)cc2)c1. The number of aryl methyl sites for hydroxylation is 4. The summed E-state index contributed by atoms with van der Waals surface area (Å²) < 4.78 is 0. The highest BCUT2D eigenvalue weighted by Crippen LogP contribution is 2.15. The number of nitrogens with zero attached hydrogens (tertiary/aromatic N) is 1. The maximum absolute atomic E-state index is 12.3. The lowest BCUT2D eigenvalue weighted by Crippen LogP contribution is -2.18. The maximum Gasteiger partial charge on any atom is 0.271 e. The van der Waals surface area contributed by atoms with Crippen molar-refractivity contribution in [3.63, 3.8) is 0 Å². The number of carbonyl (C=O) groups excluding carboxylic acids is 2. The van der Waals surface area contributed by atoms with Crippen molar-refractivity contribution in [2.45, 2.75) is 27.7 Å². The molecule has 0 fully saturated rings. The second-order valence-corrected chi connectivity index (χ2v) is 7.41. The first-order valence-electron chi connectivity index (χ1n) is 9.73. The van der Waals surface area contributed by atoms with Gasteiger partial charge in [-0.1, -0.05) is 35.4 Å². The molecular weight excluding hydrogens is 374 g/mol. The van der Waals surface area contributed by atoms with Gasteiger partial charge in [-0.2, -0.15) is 5.10 Å². The molecule has 152 valence electrons. The molecule has 0 spiro atoms. The van der Waals surface area contributed by atoms with E-state index in [-0.39, 0.29) is 11.8 Å². The highest BCUT2D eigenvalue weighted by atomic mass is 16.2. The number of rotatable bonds is 5. The fourth-order valence-corrected chi connectivity index (χ4v) is 3.31. The molecule has 0 heterocycles. The van der Waals surface area contributed by atoms with Crippen molar-refractivity contribution in [1.82, 2.24) is 5.43 Å². The van der Waals surface area contributed by atoms with Crippen LogP contribution < -0.4 is 10.7 Å². The third-order valence-electron chi connectivity index (χ3n) is 4.78. The number of hydrogen-bond acceptors (Lipinski definition) is 3. The van der Waals surface area contributed by atoms with Crippen LogP contribution in [0.15, 0.2) is 65.8 Å². The summed E-state index contributed by atoms with van der Waals surface area (Å²) in [6.07, 6.45) is 1.67. The Morgan fingerprint density at radius 3 is 2.07 bits per heavy atom. The maximum atomic E-state index is 12.3. The largest absolute Gasteiger partial charge is 0.322 e. The van der Waals surface area contributed by atoms with Crippen LogP contribution in [0.2, 0.25) is 0 Å². The van der Waals surface area contributed by atoms with Gasteiger partial charge in [-0.15, -0.1) is 0 Å². The van der Waals surface area contributed by atoms with Crippen molar-refractivity contribution in [2.75, 3.05) is 5.32 Å². The lowest BCUT2D eigenvalue weighted by Gasteiger charge is -2.08. The van der Waals surface area contributed by atoms with E-state index in [4.69, 9.17) is 0 Å². The Morgan fingerprint density at radius 1 is 0.767 bits per heavy atom. The lowest BCUT2D eigenvalue weighted by atomic mass is 10.0. The summed E-state index contributed by atoms with van der Waals surface area (Å²) in [6, 6.07) is 18.2. The number of hydrogen-bond donors (Lipinski definition) is 2. The summed E-state index contributed by atoms with van der Waals surface area (Å²) in [5.74, 6) is -0.505. The monoisotopic (exact) mass is 399 g/mol. The van der Waals surface area contributed by atoms with E-state index in [9.17, 15) is 9.59 Å². The average molecular weight is 399 g/mol. The molecule has 0 radical (unpaired) electrons. The Labute approximate surface area is 176 Å². The fourth-order valence-electron chi connectivity index (χ4n) is 3.31. The highest BCUT2D eigenvalue weighted by Gasteiger charge is 2.08. The van der Waals surface area contributed by atoms with Crippen molar-refractivity contribution in [3.05, 3.63) is 99.6 Å². The van der Waals surface area contributed by atoms with E-state index < -0.39 is 0 Å². The minimum absolute atomic E-state index is 0.190. The van der Waals surface area contributed by atoms with Crippen molar-refractivity contribution < 1.29 is 9.59 Å². The molecule has 3 aromatic rings. The third-order valence-corrected chi connectivity index (χ3v) is 4.78. The number of nitrogens with one attached hydrogen (secondary N) is 2. The van der Waals surface area contributed by atoms with Gasteiger partial charge in [-0.25, -0.2) is 5.43 Å². The molecule has 5 heteroatoms. The fraction of sp³-hybridized carbons (Fsp3) is 0.160. The van der Waals surface area contributed by atoms with Crippen molar-refractivity contribution in [1.29, 1.82) is 0 Å². The average Bonchev–Trinajstić information content (AvgIpc) is 2.70. The van der Waals surface area contributed by atoms with Crippen LogP contribution in [0.25, 0.3) is 0 Å². The van der Waals surface area contributed by atoms with Crippen LogP contribution in [0.4, 0.5) is 5.69 Å². The number of anilines is 1. The predicted octanol–water partition coefficient (Wildman–Crippen LogP) is 4.94. The van der Waals surface area contributed by atoms with E-state index in [0.717, 1.165) is 22.3 Å². The molecule has 0 saturated carbocycles. The highest BCUT2D eigenvalue weighted by molar-refractivity contribution is 6.04. The molecule has 3 aromatic carbocycles. The Bertz CT molecular complexity index is 1090. The quantitative estimate of drug-likeness (QED) is 0.471. The summed E-state index contributed by atoms with van der Waals surface area (Å²) in [5.41, 5.74) is 9.65. The van der Waals surface area contributed by atoms with Crippen molar-refractivity contribution in [2.24, 2.45) is 5.10 Å². The molecule has 5 nitrogen and oxygen atoms in total. The zero-order chi connectivity index (χ0) is 21.7. The third kappa shape index (κ3) is 5.20. The summed E-state index contributed by atoms with van der Waals surface area (Å²) in [5, 5.41) is 6.93. The van der Waals surface area contributed by atoms with Gasteiger partial charge >= 0.3 is 0 Å². The van der Waals surface area contributed by atoms with Crippen LogP contribution >= 0.6 is 0 Å². The van der Waals surface area contributed by atoms with Gasteiger partial charge in [0.1, 0.15) is 0 Å². The second kappa shape index (κ2) is 9.18. The number of hydrazone groups is 1. The number of carbonyl (C=O) groups is 2. The van der Waals surface area contributed by atoms with Gasteiger partial charge in [-0.3, -0.25) is 9.59 Å². The van der Waals surface area contributed by atoms with Crippen LogP contribution in [0.3, 0.4) is 0 Å². The van der Waals surface area contributed by atoms with Crippen LogP contribution in [-0.4, -0.2) is 18.0 Å². The second-order valence-electron chi connectivity index (χ2n) is 7.41. The Morgan fingerprint density at radius 2 is 1.43 bits per heavy atom. The number of benzene rings is 3. The van der Waals surface area contributed by atoms with Crippen LogP contribution in [0.5, 0.6) is 0 Å². The molecule has 2 N–H and O–H groups in total. The summed E-state index contributed by atoms with van der Waals surface area (Å²) >= 11 is 0. The Kier molecular flexibility index (Phi) is 6.42. The first-order valence-corrected chi connectivity index (χ1v) is 9.73. The smallest absolute Gasteiger partial charge is 0.271 e. The summed E-state index contributed by atoms with van der Waals surface area (Å²) in [6.45, 7) is 8.03. The van der Waals surface area contributed by atoms with E-state index in [2.05, 4.69) is 34.9 Å². The molecule has 30 heavy (non-hydrogen) atoms. The molecule has 3 rings (SSSR count). The van der Waals surface area contributed by atoms with Gasteiger partial charge in [0.25, 0.3) is 11.8 Å². The van der Waals surface area contributed by atoms with Crippen LogP contribution in [0, 0.1) is 27.7 Å². The molecular formula is C25H25N3O2. The Hall–Kier alpha value is -3.73.